The predicted octanol–water partition coefficient (Wildman–Crippen LogP) is 3.39. The fourth-order valence-electron chi connectivity index (χ4n) is 3.57. The number of hydrogen-bond donors (Lipinski definition) is 1. The highest BCUT2D eigenvalue weighted by molar-refractivity contribution is 6.05. The maximum atomic E-state index is 12.8. The molecule has 0 atom stereocenters. The smallest absolute Gasteiger partial charge is 0.255 e. The van der Waals surface area contributed by atoms with Gasteiger partial charge >= 0.3 is 0 Å². The average Bonchev–Trinajstić information content (AvgIpc) is 3.24. The topological polar surface area (TPSA) is 84.3 Å². The first-order chi connectivity index (χ1) is 14.4. The van der Waals surface area contributed by atoms with E-state index >= 15 is 0 Å². The molecule has 0 radical (unpaired) electrons. The van der Waals surface area contributed by atoms with Gasteiger partial charge in [0.05, 0.1) is 23.6 Å². The number of carbonyl (C=O) groups excluding carboxylic acids is 3. The summed E-state index contributed by atoms with van der Waals surface area (Å²) in [6, 6.07) is 16.4. The molecule has 2 heterocycles. The van der Waals surface area contributed by atoms with Crippen molar-refractivity contribution in [2.75, 3.05) is 5.32 Å². The number of carbonyl (C=O) groups is 3. The van der Waals surface area contributed by atoms with E-state index < -0.39 is 0 Å². The van der Waals surface area contributed by atoms with Gasteiger partial charge in [0.2, 0.25) is 11.8 Å². The second-order valence-corrected chi connectivity index (χ2v) is 7.38. The summed E-state index contributed by atoms with van der Waals surface area (Å²) in [5.74, 6) is -0.547. The van der Waals surface area contributed by atoms with Crippen molar-refractivity contribution in [1.82, 2.24) is 14.7 Å². The number of imide groups is 1. The summed E-state index contributed by atoms with van der Waals surface area (Å²) < 4.78 is 1.80. The number of aromatic nitrogens is 2. The van der Waals surface area contributed by atoms with Gasteiger partial charge in [0.1, 0.15) is 0 Å². The summed E-state index contributed by atoms with van der Waals surface area (Å²) in [5.41, 5.74) is 4.62. The largest absolute Gasteiger partial charge is 0.320 e. The normalized spacial score (nSPS) is 13.7. The van der Waals surface area contributed by atoms with E-state index in [0.717, 1.165) is 22.6 Å². The van der Waals surface area contributed by atoms with Gasteiger partial charge in [0.25, 0.3) is 5.91 Å². The molecule has 3 aromatic rings. The van der Waals surface area contributed by atoms with Crippen LogP contribution in [-0.4, -0.2) is 32.4 Å². The third-order valence-electron chi connectivity index (χ3n) is 5.10. The quantitative estimate of drug-likeness (QED) is 0.663. The molecule has 1 fully saturated rings. The molecule has 4 rings (SSSR count). The third kappa shape index (κ3) is 3.87. The fraction of sp³-hybridized carbons (Fsp3) is 0.217. The Morgan fingerprint density at radius 3 is 2.30 bits per heavy atom. The van der Waals surface area contributed by atoms with Crippen molar-refractivity contribution in [1.29, 1.82) is 0 Å². The minimum atomic E-state index is -0.246. The van der Waals surface area contributed by atoms with Crippen LogP contribution in [0.5, 0.6) is 0 Å². The highest BCUT2D eigenvalue weighted by atomic mass is 16.2. The van der Waals surface area contributed by atoms with Crippen LogP contribution in [0.15, 0.2) is 54.6 Å². The van der Waals surface area contributed by atoms with Crippen molar-refractivity contribution in [3.05, 3.63) is 77.1 Å². The summed E-state index contributed by atoms with van der Waals surface area (Å²) >= 11 is 0. The maximum absolute atomic E-state index is 12.8. The van der Waals surface area contributed by atoms with Gasteiger partial charge in [-0.25, -0.2) is 4.68 Å². The van der Waals surface area contributed by atoms with E-state index in [4.69, 9.17) is 0 Å². The second kappa shape index (κ2) is 7.94. The number of rotatable bonds is 5. The number of anilines is 1. The molecule has 7 nitrogen and oxygen atoms in total. The molecule has 0 aliphatic carbocycles. The van der Waals surface area contributed by atoms with Crippen LogP contribution < -0.4 is 5.32 Å². The Bertz CT molecular complexity index is 1120. The van der Waals surface area contributed by atoms with E-state index in [-0.39, 0.29) is 37.1 Å². The van der Waals surface area contributed by atoms with Gasteiger partial charge in [0.15, 0.2) is 0 Å². The molecule has 152 valence electrons. The van der Waals surface area contributed by atoms with Crippen molar-refractivity contribution < 1.29 is 14.4 Å². The average molecular weight is 402 g/mol. The molecular formula is C23H22N4O3. The Morgan fingerprint density at radius 2 is 1.67 bits per heavy atom. The zero-order valence-electron chi connectivity index (χ0n) is 16.9. The van der Waals surface area contributed by atoms with E-state index in [9.17, 15) is 14.4 Å². The molecule has 0 spiro atoms. The summed E-state index contributed by atoms with van der Waals surface area (Å²) in [4.78, 5) is 37.6. The number of amides is 3. The molecule has 3 amide bonds. The number of hydrogen-bond acceptors (Lipinski definition) is 4. The van der Waals surface area contributed by atoms with Crippen LogP contribution in [0.25, 0.3) is 5.69 Å². The highest BCUT2D eigenvalue weighted by Crippen LogP contribution is 2.23. The van der Waals surface area contributed by atoms with Crippen LogP contribution in [0.1, 0.15) is 40.2 Å². The Hall–Kier alpha value is -3.74. The van der Waals surface area contributed by atoms with Gasteiger partial charge in [-0.3, -0.25) is 19.3 Å². The Kier molecular flexibility index (Phi) is 5.18. The van der Waals surface area contributed by atoms with E-state index in [0.29, 0.717) is 11.3 Å². The van der Waals surface area contributed by atoms with Crippen LogP contribution in [0.2, 0.25) is 0 Å². The van der Waals surface area contributed by atoms with Crippen molar-refractivity contribution in [2.24, 2.45) is 0 Å². The number of nitrogens with one attached hydrogen (secondary N) is 1. The fourth-order valence-corrected chi connectivity index (χ4v) is 3.57. The Labute approximate surface area is 174 Å². The molecule has 0 bridgehead atoms. The highest BCUT2D eigenvalue weighted by Gasteiger charge is 2.28. The van der Waals surface area contributed by atoms with Crippen molar-refractivity contribution in [2.45, 2.75) is 33.2 Å². The minimum Gasteiger partial charge on any atom is -0.320 e. The van der Waals surface area contributed by atoms with Crippen molar-refractivity contribution in [3.63, 3.8) is 0 Å². The van der Waals surface area contributed by atoms with Gasteiger partial charge in [-0.15, -0.1) is 0 Å². The summed E-state index contributed by atoms with van der Waals surface area (Å²) in [6.45, 7) is 4.13. The van der Waals surface area contributed by atoms with Crippen LogP contribution in [0.3, 0.4) is 0 Å². The first-order valence-corrected chi connectivity index (χ1v) is 9.78. The monoisotopic (exact) mass is 402 g/mol. The lowest BCUT2D eigenvalue weighted by atomic mass is 10.1. The maximum Gasteiger partial charge on any atom is 0.255 e. The molecule has 2 aromatic carbocycles. The molecule has 1 N–H and O–H groups in total. The van der Waals surface area contributed by atoms with Crippen molar-refractivity contribution in [3.8, 4) is 5.69 Å². The van der Waals surface area contributed by atoms with Gasteiger partial charge < -0.3 is 5.32 Å². The Morgan fingerprint density at radius 1 is 1.00 bits per heavy atom. The van der Waals surface area contributed by atoms with Crippen LogP contribution in [-0.2, 0) is 16.1 Å². The molecule has 0 saturated carbocycles. The van der Waals surface area contributed by atoms with Gasteiger partial charge in [-0.1, -0.05) is 24.3 Å². The molecule has 1 aliphatic heterocycles. The summed E-state index contributed by atoms with van der Waals surface area (Å²) in [6.07, 6.45) is 0.544. The lowest BCUT2D eigenvalue weighted by molar-refractivity contribution is -0.139. The van der Waals surface area contributed by atoms with Gasteiger partial charge in [0, 0.05) is 24.1 Å². The summed E-state index contributed by atoms with van der Waals surface area (Å²) in [5, 5.41) is 7.45. The number of benzene rings is 2. The van der Waals surface area contributed by atoms with E-state index in [2.05, 4.69) is 10.4 Å². The van der Waals surface area contributed by atoms with Crippen LogP contribution >= 0.6 is 0 Å². The lowest BCUT2D eigenvalue weighted by Crippen LogP contribution is -2.28. The lowest BCUT2D eigenvalue weighted by Gasteiger charge is -2.14. The molecular weight excluding hydrogens is 380 g/mol. The molecule has 1 saturated heterocycles. The zero-order valence-corrected chi connectivity index (χ0v) is 16.9. The minimum absolute atomic E-state index is 0.150. The molecule has 1 aliphatic rings. The number of nitrogens with zero attached hydrogens (tertiary/aromatic N) is 3. The van der Waals surface area contributed by atoms with E-state index in [1.807, 2.05) is 44.2 Å². The number of aryl methyl sites for hydroxylation is 2. The van der Waals surface area contributed by atoms with E-state index in [1.54, 1.807) is 28.9 Å². The molecule has 7 heteroatoms. The standard InChI is InChI=1S/C23H22N4O3/c1-15-13-16(2)27(25-15)20-6-4-3-5-19(20)24-23(30)18-9-7-17(8-10-18)14-26-21(28)11-12-22(26)29/h3-10,13H,11-12,14H2,1-2H3,(H,24,30). The first-order valence-electron chi connectivity index (χ1n) is 9.78. The van der Waals surface area contributed by atoms with Crippen LogP contribution in [0.4, 0.5) is 5.69 Å². The zero-order chi connectivity index (χ0) is 21.3. The van der Waals surface area contributed by atoms with Crippen LogP contribution in [0, 0.1) is 13.8 Å². The predicted molar refractivity (Wildman–Crippen MR) is 112 cm³/mol. The van der Waals surface area contributed by atoms with E-state index in [1.165, 1.54) is 4.90 Å². The van der Waals surface area contributed by atoms with Gasteiger partial charge in [-0.2, -0.15) is 5.10 Å². The molecule has 1 aromatic heterocycles. The number of likely N-dealkylation sites (tertiary alicyclic amines) is 1. The first kappa shape index (κ1) is 19.6. The molecule has 30 heavy (non-hydrogen) atoms. The SMILES string of the molecule is Cc1cc(C)n(-c2ccccc2NC(=O)c2ccc(CN3C(=O)CCC3=O)cc2)n1. The molecule has 0 unspecified atom stereocenters. The van der Waals surface area contributed by atoms with Crippen molar-refractivity contribution >= 4 is 23.4 Å². The Balaban J connectivity index is 1.50. The third-order valence-corrected chi connectivity index (χ3v) is 5.10. The number of para-hydroxylation sites is 2. The van der Waals surface area contributed by atoms with Gasteiger partial charge in [-0.05, 0) is 49.7 Å². The summed E-state index contributed by atoms with van der Waals surface area (Å²) in [7, 11) is 0. The second-order valence-electron chi connectivity index (χ2n) is 7.38.